The van der Waals surface area contributed by atoms with Crippen LogP contribution >= 0.6 is 0 Å². The van der Waals surface area contributed by atoms with Crippen molar-refractivity contribution in [3.63, 3.8) is 0 Å². The minimum atomic E-state index is -1.05. The Labute approximate surface area is 179 Å². The molecule has 0 atom stereocenters. The average Bonchev–Trinajstić information content (AvgIpc) is 3.29. The lowest BCUT2D eigenvalue weighted by Crippen LogP contribution is -2.34. The molecular formula is C23H22N6O2. The molecule has 3 heterocycles. The van der Waals surface area contributed by atoms with E-state index in [9.17, 15) is 4.79 Å². The summed E-state index contributed by atoms with van der Waals surface area (Å²) in [5, 5.41) is 15.9. The average molecular weight is 414 g/mol. The summed E-state index contributed by atoms with van der Waals surface area (Å²) in [5.41, 5.74) is 5.16. The second-order valence-corrected chi connectivity index (χ2v) is 7.65. The van der Waals surface area contributed by atoms with Gasteiger partial charge >= 0.3 is 6.09 Å². The first-order valence-corrected chi connectivity index (χ1v) is 10.3. The first-order valence-electron chi connectivity index (χ1n) is 10.3. The molecule has 2 N–H and O–H groups in total. The summed E-state index contributed by atoms with van der Waals surface area (Å²) in [6.07, 6.45) is 6.57. The van der Waals surface area contributed by atoms with E-state index in [1.165, 1.54) is 0 Å². The molecule has 1 aliphatic rings. The molecule has 1 aliphatic heterocycles. The summed E-state index contributed by atoms with van der Waals surface area (Å²) in [5.74, 6) is 0. The Hall–Kier alpha value is -3.94. The summed E-state index contributed by atoms with van der Waals surface area (Å²) >= 11 is 0. The fourth-order valence-electron chi connectivity index (χ4n) is 4.06. The Morgan fingerprint density at radius 1 is 1.03 bits per heavy atom. The summed E-state index contributed by atoms with van der Waals surface area (Å²) in [4.78, 5) is 22.4. The molecule has 1 fully saturated rings. The number of carboxylic acid groups (broad SMARTS) is 1. The van der Waals surface area contributed by atoms with Gasteiger partial charge < -0.3 is 10.0 Å². The number of aromatic nitrogens is 4. The van der Waals surface area contributed by atoms with Crippen LogP contribution in [-0.4, -0.2) is 44.0 Å². The lowest BCUT2D eigenvalue weighted by molar-refractivity contribution is 0.210. The summed E-state index contributed by atoms with van der Waals surface area (Å²) in [6, 6.07) is 15.7. The molecule has 4 aromatic rings. The number of piperidine rings is 1. The van der Waals surface area contributed by atoms with Crippen LogP contribution in [0.25, 0.3) is 22.3 Å². The Bertz CT molecular complexity index is 1230. The predicted molar refractivity (Wildman–Crippen MR) is 119 cm³/mol. The molecule has 0 saturated carbocycles. The fraction of sp³-hybridized carbons (Fsp3) is 0.217. The SMILES string of the molecule is O=C(O)Nc1cccc(N2CCC(n3cc(-c4cnc5ccccc5n4)cn3)CC2)c1. The fourth-order valence-corrected chi connectivity index (χ4v) is 4.06. The summed E-state index contributed by atoms with van der Waals surface area (Å²) < 4.78 is 2.03. The third-order valence-corrected chi connectivity index (χ3v) is 5.65. The Morgan fingerprint density at radius 3 is 2.65 bits per heavy atom. The minimum absolute atomic E-state index is 0.318. The van der Waals surface area contributed by atoms with Gasteiger partial charge in [-0.1, -0.05) is 18.2 Å². The van der Waals surface area contributed by atoms with E-state index in [2.05, 4.69) is 26.5 Å². The molecule has 0 radical (unpaired) electrons. The van der Waals surface area contributed by atoms with E-state index in [4.69, 9.17) is 10.1 Å². The first-order chi connectivity index (χ1) is 15.2. The van der Waals surface area contributed by atoms with Crippen LogP contribution in [0.2, 0.25) is 0 Å². The van der Waals surface area contributed by atoms with Crippen LogP contribution in [0, 0.1) is 0 Å². The molecule has 1 saturated heterocycles. The van der Waals surface area contributed by atoms with Gasteiger partial charge in [0.25, 0.3) is 0 Å². The number of carbonyl (C=O) groups is 1. The Balaban J connectivity index is 1.27. The number of para-hydroxylation sites is 2. The number of amides is 1. The Morgan fingerprint density at radius 2 is 1.84 bits per heavy atom. The van der Waals surface area contributed by atoms with E-state index in [0.717, 1.165) is 53.9 Å². The highest BCUT2D eigenvalue weighted by atomic mass is 16.4. The van der Waals surface area contributed by atoms with Crippen molar-refractivity contribution in [1.29, 1.82) is 0 Å². The standard InChI is InChI=1S/C23H22N6O2/c30-23(31)26-17-4-3-5-19(12-17)28-10-8-18(9-11-28)29-15-16(13-25-29)22-14-24-20-6-1-2-7-21(20)27-22/h1-7,12-15,18,26H,8-11H2,(H,30,31). The van der Waals surface area contributed by atoms with Crippen LogP contribution in [0.3, 0.4) is 0 Å². The van der Waals surface area contributed by atoms with Crippen molar-refractivity contribution in [2.75, 3.05) is 23.3 Å². The highest BCUT2D eigenvalue weighted by Gasteiger charge is 2.22. The van der Waals surface area contributed by atoms with Crippen molar-refractivity contribution in [1.82, 2.24) is 19.7 Å². The molecule has 0 bridgehead atoms. The van der Waals surface area contributed by atoms with Crippen LogP contribution in [0.4, 0.5) is 16.2 Å². The van der Waals surface area contributed by atoms with E-state index < -0.39 is 6.09 Å². The first kappa shape index (κ1) is 19.0. The van der Waals surface area contributed by atoms with Gasteiger partial charge in [0.15, 0.2) is 0 Å². The van der Waals surface area contributed by atoms with Gasteiger partial charge in [0, 0.05) is 36.2 Å². The molecule has 1 amide bonds. The second kappa shape index (κ2) is 8.06. The monoisotopic (exact) mass is 414 g/mol. The molecule has 5 rings (SSSR count). The predicted octanol–water partition coefficient (Wildman–Crippen LogP) is 4.42. The lowest BCUT2D eigenvalue weighted by Gasteiger charge is -2.33. The third kappa shape index (κ3) is 4.05. The number of nitrogens with one attached hydrogen (secondary N) is 1. The van der Waals surface area contributed by atoms with Crippen LogP contribution in [-0.2, 0) is 0 Å². The quantitative estimate of drug-likeness (QED) is 0.513. The van der Waals surface area contributed by atoms with Crippen molar-refractivity contribution >= 4 is 28.5 Å². The van der Waals surface area contributed by atoms with Crippen LogP contribution < -0.4 is 10.2 Å². The molecule has 8 heteroatoms. The van der Waals surface area contributed by atoms with Gasteiger partial charge in [-0.15, -0.1) is 0 Å². The number of nitrogens with zero attached hydrogens (tertiary/aromatic N) is 5. The van der Waals surface area contributed by atoms with E-state index in [1.807, 2.05) is 53.3 Å². The third-order valence-electron chi connectivity index (χ3n) is 5.65. The zero-order chi connectivity index (χ0) is 21.2. The van der Waals surface area contributed by atoms with Gasteiger partial charge in [0.2, 0.25) is 0 Å². The zero-order valence-corrected chi connectivity index (χ0v) is 16.8. The number of rotatable bonds is 4. The number of hydrogen-bond acceptors (Lipinski definition) is 5. The zero-order valence-electron chi connectivity index (χ0n) is 16.8. The summed E-state index contributed by atoms with van der Waals surface area (Å²) in [6.45, 7) is 1.76. The van der Waals surface area contributed by atoms with E-state index >= 15 is 0 Å². The van der Waals surface area contributed by atoms with E-state index in [-0.39, 0.29) is 0 Å². The molecule has 2 aromatic carbocycles. The largest absolute Gasteiger partial charge is 0.465 e. The van der Waals surface area contributed by atoms with Crippen LogP contribution in [0.15, 0.2) is 67.1 Å². The van der Waals surface area contributed by atoms with Crippen molar-refractivity contribution in [3.8, 4) is 11.3 Å². The normalized spacial score (nSPS) is 14.6. The van der Waals surface area contributed by atoms with Gasteiger partial charge in [-0.2, -0.15) is 5.10 Å². The molecule has 2 aromatic heterocycles. The summed E-state index contributed by atoms with van der Waals surface area (Å²) in [7, 11) is 0. The molecule has 0 spiro atoms. The van der Waals surface area contributed by atoms with E-state index in [0.29, 0.717) is 11.7 Å². The van der Waals surface area contributed by atoms with Crippen molar-refractivity contribution < 1.29 is 9.90 Å². The number of hydrogen-bond donors (Lipinski definition) is 2. The smallest absolute Gasteiger partial charge is 0.409 e. The maximum absolute atomic E-state index is 10.9. The minimum Gasteiger partial charge on any atom is -0.465 e. The number of fused-ring (bicyclic) bond motifs is 1. The van der Waals surface area contributed by atoms with Crippen LogP contribution in [0.5, 0.6) is 0 Å². The second-order valence-electron chi connectivity index (χ2n) is 7.65. The molecule has 0 unspecified atom stereocenters. The van der Waals surface area contributed by atoms with Gasteiger partial charge in [-0.25, -0.2) is 9.78 Å². The molecule has 156 valence electrons. The number of anilines is 2. The molecular weight excluding hydrogens is 392 g/mol. The van der Waals surface area contributed by atoms with E-state index in [1.54, 1.807) is 12.3 Å². The maximum atomic E-state index is 10.9. The van der Waals surface area contributed by atoms with Gasteiger partial charge in [0.1, 0.15) is 0 Å². The van der Waals surface area contributed by atoms with Gasteiger partial charge in [-0.3, -0.25) is 15.0 Å². The lowest BCUT2D eigenvalue weighted by atomic mass is 10.0. The maximum Gasteiger partial charge on any atom is 0.409 e. The highest BCUT2D eigenvalue weighted by Crippen LogP contribution is 2.29. The van der Waals surface area contributed by atoms with Gasteiger partial charge in [-0.05, 0) is 43.2 Å². The van der Waals surface area contributed by atoms with Gasteiger partial charge in [0.05, 0.1) is 35.2 Å². The number of benzene rings is 2. The molecule has 31 heavy (non-hydrogen) atoms. The van der Waals surface area contributed by atoms with Crippen molar-refractivity contribution in [2.45, 2.75) is 18.9 Å². The Kier molecular flexibility index (Phi) is 4.95. The molecule has 8 nitrogen and oxygen atoms in total. The van der Waals surface area contributed by atoms with Crippen LogP contribution in [0.1, 0.15) is 18.9 Å². The van der Waals surface area contributed by atoms with Crippen molar-refractivity contribution in [2.24, 2.45) is 0 Å². The van der Waals surface area contributed by atoms with Crippen molar-refractivity contribution in [3.05, 3.63) is 67.1 Å². The molecule has 0 aliphatic carbocycles. The highest BCUT2D eigenvalue weighted by molar-refractivity contribution is 5.83. The topological polar surface area (TPSA) is 96.2 Å².